The largest absolute Gasteiger partial charge is 0.507 e. The summed E-state index contributed by atoms with van der Waals surface area (Å²) in [5.74, 6) is 0.743. The van der Waals surface area contributed by atoms with Crippen LogP contribution in [0.4, 0.5) is 0 Å². The molecule has 0 spiro atoms. The Morgan fingerprint density at radius 1 is 1.19 bits per heavy atom. The minimum absolute atomic E-state index is 0. The van der Waals surface area contributed by atoms with Crippen molar-refractivity contribution in [2.45, 2.75) is 31.5 Å². The highest BCUT2D eigenvalue weighted by Crippen LogP contribution is 2.28. The highest BCUT2D eigenvalue weighted by atomic mass is 35.5. The van der Waals surface area contributed by atoms with Gasteiger partial charge in [0.1, 0.15) is 11.5 Å². The SMILES string of the molecule is COc1ccc2nccc([C@@H](O)CN3CCC(NCc4cc5cccc(O)c5c(=O)[nH]4)CC3)c2c1.Cl. The number of ether oxygens (including phenoxy) is 1. The van der Waals surface area contributed by atoms with Crippen molar-refractivity contribution in [3.8, 4) is 11.5 Å². The van der Waals surface area contributed by atoms with Gasteiger partial charge in [0.25, 0.3) is 5.56 Å². The summed E-state index contributed by atoms with van der Waals surface area (Å²) in [7, 11) is 1.63. The fraction of sp³-hybridized carbons (Fsp3) is 0.333. The number of β-amino-alcohol motifs (C(OH)–C–C–N with tert-alkyl or cyclic N) is 1. The van der Waals surface area contributed by atoms with Crippen molar-refractivity contribution in [3.05, 3.63) is 76.3 Å². The van der Waals surface area contributed by atoms with E-state index in [9.17, 15) is 15.0 Å². The Hall–Kier alpha value is -3.17. The first-order valence-electron chi connectivity index (χ1n) is 11.9. The van der Waals surface area contributed by atoms with Crippen molar-refractivity contribution in [2.75, 3.05) is 26.7 Å². The number of halogens is 1. The lowest BCUT2D eigenvalue weighted by Crippen LogP contribution is -2.43. The van der Waals surface area contributed by atoms with Gasteiger partial charge in [-0.25, -0.2) is 0 Å². The molecule has 4 aromatic rings. The van der Waals surface area contributed by atoms with E-state index in [1.165, 1.54) is 6.07 Å². The number of aromatic nitrogens is 2. The van der Waals surface area contributed by atoms with Crippen molar-refractivity contribution in [3.63, 3.8) is 0 Å². The monoisotopic (exact) mass is 510 g/mol. The van der Waals surface area contributed by atoms with E-state index < -0.39 is 6.10 Å². The van der Waals surface area contributed by atoms with Crippen LogP contribution in [0.1, 0.15) is 30.2 Å². The van der Waals surface area contributed by atoms with Crippen LogP contribution in [0.25, 0.3) is 21.7 Å². The predicted molar refractivity (Wildman–Crippen MR) is 143 cm³/mol. The Labute approximate surface area is 215 Å². The lowest BCUT2D eigenvalue weighted by atomic mass is 10.0. The van der Waals surface area contributed by atoms with Crippen LogP contribution >= 0.6 is 12.4 Å². The standard InChI is InChI=1S/C27H30N4O4.ClH/c1-35-20-5-6-23-22(14-20)21(7-10-28-23)25(33)16-31-11-8-18(9-12-31)29-15-19-13-17-3-2-4-24(32)26(17)27(34)30-19;/h2-7,10,13-14,18,25,29,32-33H,8-9,11-12,15-16H2,1H3,(H,30,34);1H/t25-;/m0./s1. The molecule has 0 radical (unpaired) electrons. The topological polar surface area (TPSA) is 111 Å². The summed E-state index contributed by atoms with van der Waals surface area (Å²) in [6.07, 6.45) is 3.03. The Kier molecular flexibility index (Phi) is 8.11. The van der Waals surface area contributed by atoms with E-state index in [1.54, 1.807) is 19.4 Å². The number of nitrogens with zero attached hydrogens (tertiary/aromatic N) is 2. The van der Waals surface area contributed by atoms with Gasteiger partial charge in [-0.15, -0.1) is 12.4 Å². The van der Waals surface area contributed by atoms with Crippen LogP contribution in [-0.4, -0.2) is 57.9 Å². The molecule has 190 valence electrons. The van der Waals surface area contributed by atoms with Gasteiger partial charge in [-0.2, -0.15) is 0 Å². The van der Waals surface area contributed by atoms with E-state index in [2.05, 4.69) is 20.2 Å². The summed E-state index contributed by atoms with van der Waals surface area (Å²) < 4.78 is 5.35. The van der Waals surface area contributed by atoms with Crippen molar-refractivity contribution in [1.29, 1.82) is 0 Å². The molecule has 8 nitrogen and oxygen atoms in total. The van der Waals surface area contributed by atoms with E-state index >= 15 is 0 Å². The zero-order valence-electron chi connectivity index (χ0n) is 20.1. The molecule has 3 heterocycles. The molecule has 0 saturated carbocycles. The lowest BCUT2D eigenvalue weighted by molar-refractivity contribution is 0.0948. The molecule has 36 heavy (non-hydrogen) atoms. The number of aliphatic hydroxyl groups excluding tert-OH is 1. The number of nitrogens with one attached hydrogen (secondary N) is 2. The zero-order chi connectivity index (χ0) is 24.4. The van der Waals surface area contributed by atoms with Crippen LogP contribution in [-0.2, 0) is 6.54 Å². The second-order valence-corrected chi connectivity index (χ2v) is 9.12. The Balaban J connectivity index is 0.00000304. The van der Waals surface area contributed by atoms with Gasteiger partial charge in [0.15, 0.2) is 0 Å². The fourth-order valence-corrected chi connectivity index (χ4v) is 4.93. The second kappa shape index (κ2) is 11.3. The number of hydrogen-bond donors (Lipinski definition) is 4. The van der Waals surface area contributed by atoms with Crippen LogP contribution in [0, 0.1) is 0 Å². The molecule has 1 fully saturated rings. The van der Waals surface area contributed by atoms with Crippen molar-refractivity contribution in [1.82, 2.24) is 20.2 Å². The van der Waals surface area contributed by atoms with Crippen LogP contribution < -0.4 is 15.6 Å². The van der Waals surface area contributed by atoms with Gasteiger partial charge < -0.3 is 30.2 Å². The number of aliphatic hydroxyl groups is 1. The number of H-pyrrole nitrogens is 1. The quantitative estimate of drug-likeness (QED) is 0.301. The maximum atomic E-state index is 12.4. The van der Waals surface area contributed by atoms with Gasteiger partial charge in [0.2, 0.25) is 0 Å². The fourth-order valence-electron chi connectivity index (χ4n) is 4.93. The molecule has 1 aliphatic rings. The molecular formula is C27H31ClN4O4. The second-order valence-electron chi connectivity index (χ2n) is 9.12. The molecule has 0 aliphatic carbocycles. The van der Waals surface area contributed by atoms with Crippen LogP contribution in [0.2, 0.25) is 0 Å². The van der Waals surface area contributed by atoms with Gasteiger partial charge in [-0.05, 0) is 73.3 Å². The van der Waals surface area contributed by atoms with E-state index in [-0.39, 0.29) is 23.7 Å². The average molecular weight is 511 g/mol. The normalized spacial score (nSPS) is 15.6. The van der Waals surface area contributed by atoms with Crippen molar-refractivity contribution >= 4 is 34.1 Å². The number of rotatable bonds is 7. The number of likely N-dealkylation sites (tertiary alicyclic amines) is 1. The molecular weight excluding hydrogens is 480 g/mol. The highest BCUT2D eigenvalue weighted by molar-refractivity contribution is 5.87. The number of phenolic OH excluding ortho intramolecular Hbond substituents is 1. The lowest BCUT2D eigenvalue weighted by Gasteiger charge is -2.33. The first kappa shape index (κ1) is 25.9. The van der Waals surface area contributed by atoms with E-state index in [0.717, 1.165) is 59.2 Å². The maximum absolute atomic E-state index is 12.4. The van der Waals surface area contributed by atoms with Gasteiger partial charge in [-0.1, -0.05) is 12.1 Å². The van der Waals surface area contributed by atoms with Crippen LogP contribution in [0.15, 0.2) is 59.5 Å². The summed E-state index contributed by atoms with van der Waals surface area (Å²) in [5, 5.41) is 26.5. The number of benzene rings is 2. The zero-order valence-corrected chi connectivity index (χ0v) is 20.9. The number of pyridine rings is 2. The molecule has 2 aromatic carbocycles. The van der Waals surface area contributed by atoms with Gasteiger partial charge in [0.05, 0.1) is 24.1 Å². The third-order valence-electron chi connectivity index (χ3n) is 6.85. The minimum Gasteiger partial charge on any atom is -0.507 e. The number of piperidine rings is 1. The maximum Gasteiger partial charge on any atom is 0.259 e. The van der Waals surface area contributed by atoms with E-state index in [0.29, 0.717) is 24.5 Å². The van der Waals surface area contributed by atoms with E-state index in [1.807, 2.05) is 36.4 Å². The first-order chi connectivity index (χ1) is 17.0. The van der Waals surface area contributed by atoms with E-state index in [4.69, 9.17) is 4.74 Å². The van der Waals surface area contributed by atoms with Crippen molar-refractivity contribution < 1.29 is 14.9 Å². The predicted octanol–water partition coefficient (Wildman–Crippen LogP) is 3.50. The highest BCUT2D eigenvalue weighted by Gasteiger charge is 2.22. The average Bonchev–Trinajstić information content (AvgIpc) is 2.87. The van der Waals surface area contributed by atoms with Crippen LogP contribution in [0.3, 0.4) is 0 Å². The number of methoxy groups -OCH3 is 1. The molecule has 1 atom stereocenters. The van der Waals surface area contributed by atoms with Gasteiger partial charge in [0, 0.05) is 36.4 Å². The summed E-state index contributed by atoms with van der Waals surface area (Å²) in [5.41, 5.74) is 2.22. The number of aromatic hydroxyl groups is 1. The Morgan fingerprint density at radius 3 is 2.78 bits per heavy atom. The van der Waals surface area contributed by atoms with Gasteiger partial charge in [-0.3, -0.25) is 9.78 Å². The molecule has 4 N–H and O–H groups in total. The summed E-state index contributed by atoms with van der Waals surface area (Å²) >= 11 is 0. The molecule has 0 amide bonds. The van der Waals surface area contributed by atoms with Crippen LogP contribution in [0.5, 0.6) is 11.5 Å². The molecule has 1 saturated heterocycles. The summed E-state index contributed by atoms with van der Waals surface area (Å²) in [4.78, 5) is 21.9. The summed E-state index contributed by atoms with van der Waals surface area (Å²) in [6, 6.07) is 14.9. The Morgan fingerprint density at radius 2 is 2.00 bits per heavy atom. The molecule has 9 heteroatoms. The minimum atomic E-state index is -0.615. The third-order valence-corrected chi connectivity index (χ3v) is 6.85. The first-order valence-corrected chi connectivity index (χ1v) is 11.9. The van der Waals surface area contributed by atoms with Gasteiger partial charge >= 0.3 is 0 Å². The number of phenols is 1. The summed E-state index contributed by atoms with van der Waals surface area (Å²) in [6.45, 7) is 2.87. The smallest absolute Gasteiger partial charge is 0.259 e. The van der Waals surface area contributed by atoms with Crippen molar-refractivity contribution in [2.24, 2.45) is 0 Å². The number of hydrogen-bond acceptors (Lipinski definition) is 7. The third kappa shape index (κ3) is 5.47. The molecule has 0 unspecified atom stereocenters. The Bertz CT molecular complexity index is 1400. The number of fused-ring (bicyclic) bond motifs is 2. The molecule has 5 rings (SSSR count). The molecule has 0 bridgehead atoms. The molecule has 2 aromatic heterocycles. The number of aromatic amines is 1. The molecule has 1 aliphatic heterocycles.